The number of pyridine rings is 1. The van der Waals surface area contributed by atoms with Crippen LogP contribution in [0, 0.1) is 0 Å². The molecule has 0 spiro atoms. The Morgan fingerprint density at radius 2 is 2.07 bits per heavy atom. The first-order valence-electron chi connectivity index (χ1n) is 9.27. The summed E-state index contributed by atoms with van der Waals surface area (Å²) >= 11 is 1.49. The number of hydrogen-bond acceptors (Lipinski definition) is 7. The van der Waals surface area contributed by atoms with E-state index in [0.717, 1.165) is 20.7 Å². The Morgan fingerprint density at radius 1 is 1.31 bits per heavy atom. The van der Waals surface area contributed by atoms with E-state index in [1.165, 1.54) is 31.4 Å². The van der Waals surface area contributed by atoms with Crippen LogP contribution in [0.2, 0.25) is 0 Å². The average molecular weight is 418 g/mol. The summed E-state index contributed by atoms with van der Waals surface area (Å²) in [5, 5.41) is 24.1. The lowest BCUT2D eigenvalue weighted by atomic mass is 10.0. The van der Waals surface area contributed by atoms with Crippen molar-refractivity contribution in [1.82, 2.24) is 20.5 Å². The maximum atomic E-state index is 14.0. The van der Waals surface area contributed by atoms with Crippen molar-refractivity contribution in [2.75, 3.05) is 11.9 Å². The van der Waals surface area contributed by atoms with Crippen LogP contribution < -0.4 is 10.6 Å². The van der Waals surface area contributed by atoms with Gasteiger partial charge in [0, 0.05) is 28.1 Å². The standard InChI is InChI=1S/C20H24FN5O2S/c1-11(2)26-17-13-7-15(12-5-6-24-25-8-12)29-19(13)23-9-14(17)18(27)22-10-16(21)20(3,4)28/h5-9,11,16,28H,10H2,1-4H3,(H,22,27)(H,23,26)/t16-/m1/s1. The maximum Gasteiger partial charge on any atom is 0.255 e. The van der Waals surface area contributed by atoms with Crippen molar-refractivity contribution >= 4 is 33.1 Å². The molecule has 0 aliphatic heterocycles. The second-order valence-corrected chi connectivity index (χ2v) is 8.67. The van der Waals surface area contributed by atoms with Gasteiger partial charge in [-0.1, -0.05) is 0 Å². The minimum Gasteiger partial charge on any atom is -0.387 e. The lowest BCUT2D eigenvalue weighted by molar-refractivity contribution is -0.00177. The fourth-order valence-electron chi connectivity index (χ4n) is 2.71. The first kappa shape index (κ1) is 21.1. The molecule has 0 radical (unpaired) electrons. The molecule has 3 rings (SSSR count). The van der Waals surface area contributed by atoms with Gasteiger partial charge in [-0.15, -0.1) is 11.3 Å². The molecule has 0 aromatic carbocycles. The molecule has 0 aliphatic carbocycles. The molecule has 0 saturated heterocycles. The van der Waals surface area contributed by atoms with Crippen LogP contribution >= 0.6 is 11.3 Å². The molecule has 154 valence electrons. The highest BCUT2D eigenvalue weighted by atomic mass is 32.1. The Kier molecular flexibility index (Phi) is 6.09. The van der Waals surface area contributed by atoms with Gasteiger partial charge in [0.15, 0.2) is 0 Å². The summed E-state index contributed by atoms with van der Waals surface area (Å²) in [4.78, 5) is 18.9. The average Bonchev–Trinajstić information content (AvgIpc) is 3.10. The zero-order valence-corrected chi connectivity index (χ0v) is 17.5. The summed E-state index contributed by atoms with van der Waals surface area (Å²) < 4.78 is 14.0. The van der Waals surface area contributed by atoms with Gasteiger partial charge in [0.2, 0.25) is 0 Å². The highest BCUT2D eigenvalue weighted by Gasteiger charge is 2.27. The Hall–Kier alpha value is -2.65. The minimum atomic E-state index is -1.59. The molecule has 0 aliphatic rings. The van der Waals surface area contributed by atoms with Gasteiger partial charge >= 0.3 is 0 Å². The predicted molar refractivity (Wildman–Crippen MR) is 113 cm³/mol. The van der Waals surface area contributed by atoms with E-state index in [2.05, 4.69) is 25.8 Å². The summed E-state index contributed by atoms with van der Waals surface area (Å²) in [5.74, 6) is -0.451. The molecule has 3 aromatic rings. The van der Waals surface area contributed by atoms with E-state index < -0.39 is 17.7 Å². The number of anilines is 1. The van der Waals surface area contributed by atoms with Gasteiger partial charge in [0.05, 0.1) is 35.8 Å². The van der Waals surface area contributed by atoms with E-state index in [4.69, 9.17) is 0 Å². The summed E-state index contributed by atoms with van der Waals surface area (Å²) in [6, 6.07) is 3.89. The quantitative estimate of drug-likeness (QED) is 0.545. The fraction of sp³-hybridized carbons (Fsp3) is 0.400. The third kappa shape index (κ3) is 4.86. The Morgan fingerprint density at radius 3 is 2.69 bits per heavy atom. The van der Waals surface area contributed by atoms with Crippen molar-refractivity contribution < 1.29 is 14.3 Å². The molecule has 0 bridgehead atoms. The first-order chi connectivity index (χ1) is 13.7. The number of hydrogen-bond donors (Lipinski definition) is 3. The van der Waals surface area contributed by atoms with Gasteiger partial charge in [-0.05, 0) is 39.8 Å². The van der Waals surface area contributed by atoms with Gasteiger partial charge in [-0.3, -0.25) is 4.79 Å². The fourth-order valence-corrected chi connectivity index (χ4v) is 3.71. The molecular formula is C20H24FN5O2S. The molecular weight excluding hydrogens is 393 g/mol. The number of rotatable bonds is 7. The normalized spacial score (nSPS) is 12.9. The molecule has 0 saturated carbocycles. The number of halogens is 1. The Bertz CT molecular complexity index is 1000. The van der Waals surface area contributed by atoms with Crippen molar-refractivity contribution in [2.24, 2.45) is 0 Å². The second kappa shape index (κ2) is 8.38. The zero-order valence-electron chi connectivity index (χ0n) is 16.7. The van der Waals surface area contributed by atoms with Gasteiger partial charge in [0.25, 0.3) is 5.91 Å². The number of fused-ring (bicyclic) bond motifs is 1. The highest BCUT2D eigenvalue weighted by molar-refractivity contribution is 7.21. The molecule has 9 heteroatoms. The van der Waals surface area contributed by atoms with Gasteiger partial charge in [-0.25, -0.2) is 9.37 Å². The smallest absolute Gasteiger partial charge is 0.255 e. The third-order valence-electron chi connectivity index (χ3n) is 4.32. The minimum absolute atomic E-state index is 0.0726. The van der Waals surface area contributed by atoms with Crippen LogP contribution in [0.15, 0.2) is 30.7 Å². The molecule has 1 atom stereocenters. The van der Waals surface area contributed by atoms with E-state index in [1.54, 1.807) is 12.4 Å². The predicted octanol–water partition coefficient (Wildman–Crippen LogP) is 3.41. The van der Waals surface area contributed by atoms with Gasteiger partial charge in [-0.2, -0.15) is 10.2 Å². The molecule has 3 heterocycles. The van der Waals surface area contributed by atoms with Crippen molar-refractivity contribution in [3.05, 3.63) is 36.3 Å². The maximum absolute atomic E-state index is 14.0. The lowest BCUT2D eigenvalue weighted by Gasteiger charge is -2.23. The van der Waals surface area contributed by atoms with Crippen molar-refractivity contribution in [3.63, 3.8) is 0 Å². The third-order valence-corrected chi connectivity index (χ3v) is 5.41. The first-order valence-corrected chi connectivity index (χ1v) is 10.1. The summed E-state index contributed by atoms with van der Waals surface area (Å²) in [5.41, 5.74) is 0.349. The summed E-state index contributed by atoms with van der Waals surface area (Å²) in [6.45, 7) is 6.38. The topological polar surface area (TPSA) is 100 Å². The van der Waals surface area contributed by atoms with Gasteiger partial charge < -0.3 is 15.7 Å². The van der Waals surface area contributed by atoms with E-state index in [-0.39, 0.29) is 12.6 Å². The molecule has 3 N–H and O–H groups in total. The number of thiophene rings is 1. The van der Waals surface area contributed by atoms with Crippen LogP contribution in [-0.4, -0.2) is 50.6 Å². The number of carbonyl (C=O) groups excluding carboxylic acids is 1. The SMILES string of the molecule is CC(C)Nc1c(C(=O)NC[C@@H](F)C(C)(C)O)cnc2sc(-c3ccnnc3)cc12. The van der Waals surface area contributed by atoms with Crippen LogP contribution in [0.25, 0.3) is 20.7 Å². The largest absolute Gasteiger partial charge is 0.387 e. The summed E-state index contributed by atoms with van der Waals surface area (Å²) in [7, 11) is 0. The highest BCUT2D eigenvalue weighted by Crippen LogP contribution is 2.37. The van der Waals surface area contributed by atoms with Crippen LogP contribution in [-0.2, 0) is 0 Å². The number of nitrogens with zero attached hydrogens (tertiary/aromatic N) is 3. The van der Waals surface area contributed by atoms with Gasteiger partial charge in [0.1, 0.15) is 11.0 Å². The lowest BCUT2D eigenvalue weighted by Crippen LogP contribution is -2.42. The van der Waals surface area contributed by atoms with Crippen LogP contribution in [0.5, 0.6) is 0 Å². The number of aromatic nitrogens is 3. The molecule has 29 heavy (non-hydrogen) atoms. The molecule has 7 nitrogen and oxygen atoms in total. The molecule has 3 aromatic heterocycles. The number of alkyl halides is 1. The van der Waals surface area contributed by atoms with E-state index in [0.29, 0.717) is 11.3 Å². The number of amides is 1. The monoisotopic (exact) mass is 417 g/mol. The van der Waals surface area contributed by atoms with Crippen LogP contribution in [0.4, 0.5) is 10.1 Å². The zero-order chi connectivity index (χ0) is 21.2. The number of carbonyl (C=O) groups is 1. The van der Waals surface area contributed by atoms with Crippen LogP contribution in [0.1, 0.15) is 38.1 Å². The van der Waals surface area contributed by atoms with E-state index in [9.17, 15) is 14.3 Å². The van der Waals surface area contributed by atoms with Crippen molar-refractivity contribution in [2.45, 2.75) is 45.5 Å². The van der Waals surface area contributed by atoms with E-state index >= 15 is 0 Å². The Balaban J connectivity index is 1.97. The van der Waals surface area contributed by atoms with Crippen molar-refractivity contribution in [3.8, 4) is 10.4 Å². The molecule has 0 unspecified atom stereocenters. The van der Waals surface area contributed by atoms with Crippen LogP contribution in [0.3, 0.4) is 0 Å². The molecule has 0 fully saturated rings. The van der Waals surface area contributed by atoms with Crippen molar-refractivity contribution in [1.29, 1.82) is 0 Å². The number of aliphatic hydroxyl groups is 1. The number of nitrogens with one attached hydrogen (secondary N) is 2. The van der Waals surface area contributed by atoms with E-state index in [1.807, 2.05) is 26.0 Å². The summed E-state index contributed by atoms with van der Waals surface area (Å²) in [6.07, 6.45) is 3.20. The second-order valence-electron chi connectivity index (χ2n) is 7.64. The molecule has 1 amide bonds. The Labute approximate surface area is 172 Å².